The third-order valence-corrected chi connectivity index (χ3v) is 6.76. The number of aryl methyl sites for hydroxylation is 1. The van der Waals surface area contributed by atoms with Crippen LogP contribution in [0.3, 0.4) is 0 Å². The van der Waals surface area contributed by atoms with E-state index in [9.17, 15) is 18.3 Å². The first kappa shape index (κ1) is 27.0. The van der Waals surface area contributed by atoms with Gasteiger partial charge in [-0.3, -0.25) is 14.9 Å². The zero-order valence-corrected chi connectivity index (χ0v) is 22.6. The Balaban J connectivity index is 1.63. The molecule has 1 amide bonds. The van der Waals surface area contributed by atoms with Crippen molar-refractivity contribution in [2.24, 2.45) is 14.8 Å². The van der Waals surface area contributed by atoms with Crippen molar-refractivity contribution in [2.45, 2.75) is 40.3 Å². The number of nitrogens with zero attached hydrogens (tertiary/aromatic N) is 3. The van der Waals surface area contributed by atoms with E-state index in [1.165, 1.54) is 12.1 Å². The Bertz CT molecular complexity index is 1510. The molecule has 2 unspecified atom stereocenters. The van der Waals surface area contributed by atoms with E-state index in [4.69, 9.17) is 4.42 Å². The van der Waals surface area contributed by atoms with Crippen molar-refractivity contribution < 1.29 is 27.6 Å². The molecule has 3 heterocycles. The standard InChI is InChI=1S/C26H30N6O5S/c1-16-11-12-20(37-16)22(26(2,3)4)29-24-23(30-38(35,36)31-24)28-19-10-6-9-18(21(19)33)25(34)32(5)15-17-8-7-13-27-14-17/h6-14,22,33H,15H2,1-5H3,(H,28,30)(H,29,31)/p+1. The smallest absolute Gasteiger partial charge is 0.348 e. The Morgan fingerprint density at radius 2 is 1.97 bits per heavy atom. The van der Waals surface area contributed by atoms with Crippen molar-refractivity contribution in [3.05, 3.63) is 77.5 Å². The molecule has 11 nitrogen and oxygen atoms in total. The molecule has 3 aromatic rings. The maximum absolute atomic E-state index is 13.1. The van der Waals surface area contributed by atoms with Crippen LogP contribution in [0.5, 0.6) is 5.75 Å². The van der Waals surface area contributed by atoms with Crippen LogP contribution in [0.15, 0.2) is 68.7 Å². The number of quaternary nitrogens is 1. The van der Waals surface area contributed by atoms with E-state index in [2.05, 4.69) is 24.4 Å². The normalized spacial score (nSPS) is 17.5. The maximum atomic E-state index is 13.1. The highest BCUT2D eigenvalue weighted by atomic mass is 32.2. The first-order chi connectivity index (χ1) is 17.8. The van der Waals surface area contributed by atoms with E-state index in [-0.39, 0.29) is 34.6 Å². The van der Waals surface area contributed by atoms with Crippen LogP contribution in [0, 0.1) is 12.3 Å². The number of aromatic hydroxyl groups is 1. The van der Waals surface area contributed by atoms with Gasteiger partial charge in [0.25, 0.3) is 0 Å². The number of para-hydroxylation sites is 1. The topological polar surface area (TPSA) is 151 Å². The SMILES string of the molecule is Cc1ccc(C(N=C2NS(=O)(=O)N=C2Nc2cccc(C(=O)[NH+](C)Cc3cccnc3)c2O)C(C)(C)C)o1. The molecule has 4 N–H and O–H groups in total. The zero-order chi connectivity index (χ0) is 27.7. The van der Waals surface area contributed by atoms with Gasteiger partial charge >= 0.3 is 16.1 Å². The molecule has 0 saturated heterocycles. The van der Waals surface area contributed by atoms with E-state index >= 15 is 0 Å². The average Bonchev–Trinajstić information content (AvgIpc) is 3.39. The molecule has 1 aliphatic rings. The Kier molecular flexibility index (Phi) is 7.38. The highest BCUT2D eigenvalue weighted by Gasteiger charge is 2.34. The van der Waals surface area contributed by atoms with Gasteiger partial charge in [-0.05, 0) is 42.7 Å². The first-order valence-corrected chi connectivity index (χ1v) is 13.4. The Morgan fingerprint density at radius 1 is 1.21 bits per heavy atom. The molecule has 0 aliphatic carbocycles. The van der Waals surface area contributed by atoms with Crippen molar-refractivity contribution in [2.75, 3.05) is 12.4 Å². The monoisotopic (exact) mass is 539 g/mol. The van der Waals surface area contributed by atoms with Crippen LogP contribution in [0.4, 0.5) is 5.69 Å². The second kappa shape index (κ2) is 10.4. The van der Waals surface area contributed by atoms with Crippen LogP contribution in [-0.4, -0.2) is 43.1 Å². The van der Waals surface area contributed by atoms with Gasteiger partial charge in [0, 0.05) is 18.0 Å². The lowest BCUT2D eigenvalue weighted by Gasteiger charge is -2.26. The largest absolute Gasteiger partial charge is 0.505 e. The third kappa shape index (κ3) is 6.09. The number of benzene rings is 1. The molecule has 1 aromatic carbocycles. The molecule has 0 bridgehead atoms. The number of amidine groups is 2. The fraction of sp³-hybridized carbons (Fsp3) is 0.308. The number of anilines is 1. The number of rotatable bonds is 6. The molecular weight excluding hydrogens is 508 g/mol. The molecule has 200 valence electrons. The molecule has 0 spiro atoms. The summed E-state index contributed by atoms with van der Waals surface area (Å²) < 4.78 is 36.6. The number of carbonyl (C=O) groups is 1. The Hall–Kier alpha value is -4.03. The van der Waals surface area contributed by atoms with E-state index < -0.39 is 21.7 Å². The lowest BCUT2D eigenvalue weighted by molar-refractivity contribution is -0.806. The lowest BCUT2D eigenvalue weighted by Crippen LogP contribution is -3.10. The highest BCUT2D eigenvalue weighted by Crippen LogP contribution is 2.37. The van der Waals surface area contributed by atoms with E-state index in [1.807, 2.05) is 39.8 Å². The summed E-state index contributed by atoms with van der Waals surface area (Å²) in [6.07, 6.45) is 3.33. The molecule has 12 heteroatoms. The molecule has 4 rings (SSSR count). The van der Waals surface area contributed by atoms with Crippen LogP contribution < -0.4 is 14.9 Å². The average molecular weight is 540 g/mol. The predicted octanol–water partition coefficient (Wildman–Crippen LogP) is 2.39. The number of phenols is 1. The lowest BCUT2D eigenvalue weighted by atomic mass is 9.85. The second-order valence-corrected chi connectivity index (χ2v) is 11.5. The van der Waals surface area contributed by atoms with Crippen LogP contribution >= 0.6 is 0 Å². The van der Waals surface area contributed by atoms with Gasteiger partial charge in [0.15, 0.2) is 17.4 Å². The van der Waals surface area contributed by atoms with Gasteiger partial charge in [0.1, 0.15) is 29.7 Å². The summed E-state index contributed by atoms with van der Waals surface area (Å²) in [6.45, 7) is 8.06. The number of hydrogen-bond donors (Lipinski definition) is 4. The highest BCUT2D eigenvalue weighted by molar-refractivity contribution is 7.89. The van der Waals surface area contributed by atoms with Gasteiger partial charge in [-0.25, -0.2) is 9.52 Å². The molecule has 0 radical (unpaired) electrons. The minimum atomic E-state index is -4.06. The Morgan fingerprint density at radius 3 is 2.61 bits per heavy atom. The number of aliphatic imine (C=N–C) groups is 1. The quantitative estimate of drug-likeness (QED) is 0.351. The summed E-state index contributed by atoms with van der Waals surface area (Å²) in [4.78, 5) is 22.3. The summed E-state index contributed by atoms with van der Waals surface area (Å²) in [5, 5.41) is 13.8. The van der Waals surface area contributed by atoms with Crippen molar-refractivity contribution in [3.63, 3.8) is 0 Å². The van der Waals surface area contributed by atoms with Gasteiger partial charge in [-0.1, -0.05) is 32.9 Å². The Labute approximate surface area is 221 Å². The first-order valence-electron chi connectivity index (χ1n) is 12.0. The second-order valence-electron chi connectivity index (χ2n) is 10.2. The zero-order valence-electron chi connectivity index (χ0n) is 21.8. The summed E-state index contributed by atoms with van der Waals surface area (Å²) in [7, 11) is -2.37. The van der Waals surface area contributed by atoms with Crippen molar-refractivity contribution >= 4 is 33.5 Å². The number of furan rings is 1. The van der Waals surface area contributed by atoms with Crippen molar-refractivity contribution in [3.8, 4) is 5.75 Å². The van der Waals surface area contributed by atoms with Crippen molar-refractivity contribution in [1.29, 1.82) is 0 Å². The van der Waals surface area contributed by atoms with E-state index in [0.29, 0.717) is 23.0 Å². The van der Waals surface area contributed by atoms with Gasteiger partial charge in [-0.15, -0.1) is 4.40 Å². The van der Waals surface area contributed by atoms with Gasteiger partial charge < -0.3 is 14.8 Å². The molecule has 0 saturated carbocycles. The molecule has 2 aromatic heterocycles. The number of carbonyl (C=O) groups excluding carboxylic acids is 1. The number of pyridine rings is 1. The summed E-state index contributed by atoms with van der Waals surface area (Å²) >= 11 is 0. The summed E-state index contributed by atoms with van der Waals surface area (Å²) in [5.41, 5.74) is 0.621. The molecule has 1 aliphatic heterocycles. The van der Waals surface area contributed by atoms with Crippen LogP contribution in [-0.2, 0) is 16.8 Å². The minimum absolute atomic E-state index is 0.0329. The number of amides is 1. The van der Waals surface area contributed by atoms with Crippen LogP contribution in [0.2, 0.25) is 0 Å². The van der Waals surface area contributed by atoms with Gasteiger partial charge in [0.05, 0.1) is 12.7 Å². The van der Waals surface area contributed by atoms with E-state index in [1.54, 1.807) is 37.6 Å². The van der Waals surface area contributed by atoms with Gasteiger partial charge in [0.2, 0.25) is 0 Å². The summed E-state index contributed by atoms with van der Waals surface area (Å²) in [6, 6.07) is 11.3. The third-order valence-electron chi connectivity index (χ3n) is 5.88. The molecule has 0 fully saturated rings. The molecule has 2 atom stereocenters. The fourth-order valence-corrected chi connectivity index (χ4v) is 4.83. The summed E-state index contributed by atoms with van der Waals surface area (Å²) in [5.74, 6) is 0.457. The maximum Gasteiger partial charge on any atom is 0.348 e. The van der Waals surface area contributed by atoms with Crippen LogP contribution in [0.1, 0.15) is 54.3 Å². The minimum Gasteiger partial charge on any atom is -0.505 e. The number of aromatic nitrogens is 1. The van der Waals surface area contributed by atoms with Crippen LogP contribution in [0.25, 0.3) is 0 Å². The molecule has 38 heavy (non-hydrogen) atoms. The fourth-order valence-electron chi connectivity index (χ4n) is 4.01. The number of phenolic OH excluding ortho intramolecular Hbond substituents is 1. The number of nitrogens with one attached hydrogen (secondary N) is 3. The van der Waals surface area contributed by atoms with Crippen molar-refractivity contribution in [1.82, 2.24) is 9.71 Å². The molecular formula is C26H31N6O5S+. The number of hydrogen-bond acceptors (Lipinski definition) is 8. The van der Waals surface area contributed by atoms with E-state index in [0.717, 1.165) is 5.56 Å². The van der Waals surface area contributed by atoms with Gasteiger partial charge in [-0.2, -0.15) is 8.42 Å². The predicted molar refractivity (Wildman–Crippen MR) is 143 cm³/mol.